The minimum Gasteiger partial charge on any atom is -0.507 e. The number of likely N-dealkylation sites (tertiary alicyclic amines) is 1. The minimum atomic E-state index is 0.0580. The molecule has 1 aromatic heterocycles. The van der Waals surface area contributed by atoms with Crippen molar-refractivity contribution in [3.63, 3.8) is 0 Å². The van der Waals surface area contributed by atoms with E-state index in [2.05, 4.69) is 44.9 Å². The molecule has 2 aliphatic heterocycles. The average molecular weight is 393 g/mol. The van der Waals surface area contributed by atoms with Crippen molar-refractivity contribution in [2.24, 2.45) is 0 Å². The Labute approximate surface area is 172 Å². The zero-order valence-electron chi connectivity index (χ0n) is 17.4. The van der Waals surface area contributed by atoms with Crippen LogP contribution >= 0.6 is 0 Å². The molecular formula is C22H28N6O. The van der Waals surface area contributed by atoms with Crippen molar-refractivity contribution >= 4 is 11.5 Å². The summed E-state index contributed by atoms with van der Waals surface area (Å²) in [7, 11) is 2.09. The van der Waals surface area contributed by atoms with Gasteiger partial charge in [-0.3, -0.25) is 0 Å². The third-order valence-electron chi connectivity index (χ3n) is 6.25. The molecule has 1 saturated heterocycles. The van der Waals surface area contributed by atoms with E-state index < -0.39 is 0 Å². The van der Waals surface area contributed by atoms with Gasteiger partial charge in [0.05, 0.1) is 17.3 Å². The number of likely N-dealkylation sites (N-methyl/N-ethyl adjacent to an activating group) is 2. The van der Waals surface area contributed by atoms with Crippen molar-refractivity contribution in [1.82, 2.24) is 15.1 Å². The maximum atomic E-state index is 10.4. The van der Waals surface area contributed by atoms with Crippen molar-refractivity contribution in [3.05, 3.63) is 29.3 Å². The molecule has 0 bridgehead atoms. The van der Waals surface area contributed by atoms with Gasteiger partial charge in [-0.1, -0.05) is 6.92 Å². The number of aromatic nitrogens is 2. The number of fused-ring (bicyclic) bond motifs is 1. The van der Waals surface area contributed by atoms with Crippen molar-refractivity contribution in [3.8, 4) is 23.1 Å². The van der Waals surface area contributed by atoms with Crippen molar-refractivity contribution in [1.29, 1.82) is 5.26 Å². The quantitative estimate of drug-likeness (QED) is 0.860. The normalized spacial score (nSPS) is 19.7. The SMILES string of the molecule is CCN1CCC[C@H](N2CCN(C)c3c2nnc(-c2ccc(C#N)cc2O)c3C)C1. The summed E-state index contributed by atoms with van der Waals surface area (Å²) in [4.78, 5) is 7.18. The van der Waals surface area contributed by atoms with Gasteiger partial charge in [-0.15, -0.1) is 10.2 Å². The van der Waals surface area contributed by atoms with Gasteiger partial charge in [0.2, 0.25) is 0 Å². The standard InChI is InChI=1S/C22H28N6O/c1-4-27-9-5-6-17(14-27)28-11-10-26(3)21-15(2)20(24-25-22(21)28)18-8-7-16(13-23)12-19(18)29/h7-8,12,17,29H,4-6,9-11,14H2,1-3H3/t17-/m0/s1. The number of piperidine rings is 1. The van der Waals surface area contributed by atoms with Crippen LogP contribution in [0.4, 0.5) is 11.5 Å². The van der Waals surface area contributed by atoms with Crippen LogP contribution in [0.25, 0.3) is 11.3 Å². The largest absolute Gasteiger partial charge is 0.507 e. The lowest BCUT2D eigenvalue weighted by atomic mass is 10.00. The summed E-state index contributed by atoms with van der Waals surface area (Å²) in [5, 5.41) is 28.6. The summed E-state index contributed by atoms with van der Waals surface area (Å²) in [5.41, 5.74) is 3.79. The van der Waals surface area contributed by atoms with E-state index in [1.807, 2.05) is 6.92 Å². The highest BCUT2D eigenvalue weighted by atomic mass is 16.3. The van der Waals surface area contributed by atoms with Crippen LogP contribution in [0.1, 0.15) is 30.9 Å². The fourth-order valence-corrected chi connectivity index (χ4v) is 4.61. The molecule has 29 heavy (non-hydrogen) atoms. The Kier molecular flexibility index (Phi) is 5.29. The van der Waals surface area contributed by atoms with E-state index >= 15 is 0 Å². The van der Waals surface area contributed by atoms with E-state index in [-0.39, 0.29) is 5.75 Å². The van der Waals surface area contributed by atoms with Crippen molar-refractivity contribution in [2.75, 3.05) is 49.6 Å². The first kappa shape index (κ1) is 19.5. The third kappa shape index (κ3) is 3.49. The lowest BCUT2D eigenvalue weighted by Gasteiger charge is -2.44. The lowest BCUT2D eigenvalue weighted by Crippen LogP contribution is -2.52. The van der Waals surface area contributed by atoms with Crippen molar-refractivity contribution < 1.29 is 5.11 Å². The fourth-order valence-electron chi connectivity index (χ4n) is 4.61. The summed E-state index contributed by atoms with van der Waals surface area (Å²) >= 11 is 0. The Morgan fingerprint density at radius 1 is 1.24 bits per heavy atom. The monoisotopic (exact) mass is 392 g/mol. The van der Waals surface area contributed by atoms with E-state index in [4.69, 9.17) is 5.26 Å². The third-order valence-corrected chi connectivity index (χ3v) is 6.25. The Bertz CT molecular complexity index is 953. The highest BCUT2D eigenvalue weighted by molar-refractivity contribution is 5.81. The van der Waals surface area contributed by atoms with E-state index in [0.717, 1.165) is 43.2 Å². The Hall–Kier alpha value is -2.85. The second-order valence-electron chi connectivity index (χ2n) is 7.99. The van der Waals surface area contributed by atoms with Crippen LogP contribution in [0.5, 0.6) is 5.75 Å². The van der Waals surface area contributed by atoms with Crippen LogP contribution in [0.3, 0.4) is 0 Å². The predicted octanol–water partition coefficient (Wildman–Crippen LogP) is 2.77. The molecule has 0 saturated carbocycles. The highest BCUT2D eigenvalue weighted by Gasteiger charge is 2.33. The van der Waals surface area contributed by atoms with Gasteiger partial charge < -0.3 is 19.8 Å². The van der Waals surface area contributed by atoms with E-state index in [1.54, 1.807) is 12.1 Å². The number of nitriles is 1. The first-order chi connectivity index (χ1) is 14.0. The van der Waals surface area contributed by atoms with Gasteiger partial charge >= 0.3 is 0 Å². The molecule has 7 heteroatoms. The summed E-state index contributed by atoms with van der Waals surface area (Å²) in [5.74, 6) is 0.999. The Morgan fingerprint density at radius 3 is 2.79 bits per heavy atom. The Morgan fingerprint density at radius 2 is 2.07 bits per heavy atom. The highest BCUT2D eigenvalue weighted by Crippen LogP contribution is 2.40. The molecule has 4 rings (SSSR count). The van der Waals surface area contributed by atoms with E-state index in [1.165, 1.54) is 25.5 Å². The number of phenolic OH excluding ortho intramolecular Hbond substituents is 1. The van der Waals surface area contributed by atoms with Crippen molar-refractivity contribution in [2.45, 2.75) is 32.7 Å². The summed E-state index contributed by atoms with van der Waals surface area (Å²) in [6.07, 6.45) is 2.39. The maximum absolute atomic E-state index is 10.4. The molecule has 7 nitrogen and oxygen atoms in total. The first-order valence-electron chi connectivity index (χ1n) is 10.3. The molecular weight excluding hydrogens is 364 g/mol. The van der Waals surface area contributed by atoms with Crippen LogP contribution in [0.15, 0.2) is 18.2 Å². The number of benzene rings is 1. The topological polar surface area (TPSA) is 79.5 Å². The molecule has 2 aromatic rings. The van der Waals surface area contributed by atoms with Gasteiger partial charge in [0.15, 0.2) is 5.82 Å². The number of nitrogens with zero attached hydrogens (tertiary/aromatic N) is 6. The first-order valence-corrected chi connectivity index (χ1v) is 10.3. The number of hydrogen-bond donors (Lipinski definition) is 1. The van der Waals surface area contributed by atoms with Crippen LogP contribution in [-0.4, -0.2) is 66.0 Å². The van der Waals surface area contributed by atoms with Crippen LogP contribution in [0.2, 0.25) is 0 Å². The molecule has 0 aliphatic carbocycles. The molecule has 2 aliphatic rings. The van der Waals surface area contributed by atoms with Crippen LogP contribution in [0, 0.1) is 18.3 Å². The molecule has 1 N–H and O–H groups in total. The molecule has 3 heterocycles. The number of phenols is 1. The maximum Gasteiger partial charge on any atom is 0.175 e. The van der Waals surface area contributed by atoms with E-state index in [9.17, 15) is 5.11 Å². The van der Waals surface area contributed by atoms with Crippen LogP contribution in [-0.2, 0) is 0 Å². The Balaban J connectivity index is 1.74. The molecule has 0 unspecified atom stereocenters. The minimum absolute atomic E-state index is 0.0580. The van der Waals surface area contributed by atoms with Gasteiger partial charge in [0.1, 0.15) is 11.4 Å². The van der Waals surface area contributed by atoms with Gasteiger partial charge in [0, 0.05) is 43.9 Å². The zero-order chi connectivity index (χ0) is 20.5. The number of aromatic hydroxyl groups is 1. The molecule has 152 valence electrons. The molecule has 1 fully saturated rings. The van der Waals surface area contributed by atoms with Gasteiger partial charge in [-0.25, -0.2) is 0 Å². The van der Waals surface area contributed by atoms with Gasteiger partial charge in [0.25, 0.3) is 0 Å². The molecule has 0 amide bonds. The van der Waals surface area contributed by atoms with Crippen LogP contribution < -0.4 is 9.80 Å². The second-order valence-corrected chi connectivity index (χ2v) is 7.99. The lowest BCUT2D eigenvalue weighted by molar-refractivity contribution is 0.212. The molecule has 0 radical (unpaired) electrons. The summed E-state index contributed by atoms with van der Waals surface area (Å²) in [6.45, 7) is 9.47. The number of anilines is 2. The molecule has 1 atom stereocenters. The molecule has 1 aromatic carbocycles. The van der Waals surface area contributed by atoms with Gasteiger partial charge in [-0.05, 0) is 51.1 Å². The van der Waals surface area contributed by atoms with E-state index in [0.29, 0.717) is 22.9 Å². The number of hydrogen-bond acceptors (Lipinski definition) is 7. The fraction of sp³-hybridized carbons (Fsp3) is 0.500. The summed E-state index contributed by atoms with van der Waals surface area (Å²) < 4.78 is 0. The average Bonchev–Trinajstić information content (AvgIpc) is 2.74. The second kappa shape index (κ2) is 7.88. The molecule has 0 spiro atoms. The predicted molar refractivity (Wildman–Crippen MR) is 114 cm³/mol. The smallest absolute Gasteiger partial charge is 0.175 e. The number of rotatable bonds is 3. The summed E-state index contributed by atoms with van der Waals surface area (Å²) in [6, 6.07) is 7.44. The van der Waals surface area contributed by atoms with Gasteiger partial charge in [-0.2, -0.15) is 5.26 Å². The zero-order valence-corrected chi connectivity index (χ0v) is 17.4.